The highest BCUT2D eigenvalue weighted by atomic mass is 19.4. The molecular weight excluding hydrogens is 423 g/mol. The second-order valence-corrected chi connectivity index (χ2v) is 6.95. The SMILES string of the molecule is Cc1ccccc1Oc1cc(-n2c(=O)cc(C(F)(F)F)[nH]c2=O)c2ccccc2c1C#N. The number of nitrogens with one attached hydrogen (secondary N) is 1. The molecule has 0 aliphatic rings. The summed E-state index contributed by atoms with van der Waals surface area (Å²) in [6, 6.07) is 17.2. The number of rotatable bonds is 3. The van der Waals surface area contributed by atoms with Crippen LogP contribution < -0.4 is 16.0 Å². The minimum absolute atomic E-state index is 0.0110. The number of nitriles is 1. The second kappa shape index (κ2) is 7.74. The van der Waals surface area contributed by atoms with E-state index in [2.05, 4.69) is 6.07 Å². The van der Waals surface area contributed by atoms with Crippen LogP contribution in [-0.4, -0.2) is 9.55 Å². The van der Waals surface area contributed by atoms with Crippen LogP contribution >= 0.6 is 0 Å². The van der Waals surface area contributed by atoms with Gasteiger partial charge in [-0.3, -0.25) is 4.79 Å². The summed E-state index contributed by atoms with van der Waals surface area (Å²) >= 11 is 0. The maximum atomic E-state index is 13.0. The fraction of sp³-hybridized carbons (Fsp3) is 0.0870. The molecule has 0 fully saturated rings. The van der Waals surface area contributed by atoms with Crippen LogP contribution in [0.3, 0.4) is 0 Å². The van der Waals surface area contributed by atoms with Gasteiger partial charge in [0.1, 0.15) is 28.8 Å². The van der Waals surface area contributed by atoms with Crippen molar-refractivity contribution < 1.29 is 17.9 Å². The zero-order valence-corrected chi connectivity index (χ0v) is 16.5. The molecule has 3 aromatic carbocycles. The molecule has 0 aliphatic heterocycles. The average molecular weight is 437 g/mol. The molecule has 1 N–H and O–H groups in total. The van der Waals surface area contributed by atoms with Gasteiger partial charge in [0.15, 0.2) is 0 Å². The van der Waals surface area contributed by atoms with Gasteiger partial charge in [0.25, 0.3) is 5.56 Å². The van der Waals surface area contributed by atoms with E-state index in [-0.39, 0.29) is 17.0 Å². The van der Waals surface area contributed by atoms with Crippen LogP contribution in [0.5, 0.6) is 11.5 Å². The number of ether oxygens (including phenoxy) is 1. The van der Waals surface area contributed by atoms with Crippen molar-refractivity contribution in [2.24, 2.45) is 0 Å². The summed E-state index contributed by atoms with van der Waals surface area (Å²) in [6.07, 6.45) is -4.89. The smallest absolute Gasteiger partial charge is 0.431 e. The lowest BCUT2D eigenvalue weighted by molar-refractivity contribution is -0.141. The number of aromatic nitrogens is 2. The molecule has 0 saturated carbocycles. The number of alkyl halides is 3. The van der Waals surface area contributed by atoms with Gasteiger partial charge in [-0.05, 0) is 18.6 Å². The Morgan fingerprint density at radius 3 is 2.25 bits per heavy atom. The normalized spacial score (nSPS) is 11.3. The van der Waals surface area contributed by atoms with Gasteiger partial charge in [-0.2, -0.15) is 18.4 Å². The van der Waals surface area contributed by atoms with E-state index in [0.29, 0.717) is 27.2 Å². The Morgan fingerprint density at radius 1 is 0.969 bits per heavy atom. The Labute approximate surface area is 178 Å². The first-order chi connectivity index (χ1) is 15.2. The van der Waals surface area contributed by atoms with Crippen molar-refractivity contribution in [1.29, 1.82) is 5.26 Å². The Kier molecular flexibility index (Phi) is 5.06. The lowest BCUT2D eigenvalue weighted by Crippen LogP contribution is -2.36. The number of fused-ring (bicyclic) bond motifs is 1. The topological polar surface area (TPSA) is 87.9 Å². The van der Waals surface area contributed by atoms with E-state index in [1.54, 1.807) is 60.4 Å². The Hall–Kier alpha value is -4.32. The minimum Gasteiger partial charge on any atom is -0.456 e. The van der Waals surface area contributed by atoms with E-state index >= 15 is 0 Å². The molecular formula is C23H14F3N3O3. The van der Waals surface area contributed by atoms with Crippen LogP contribution in [0.25, 0.3) is 16.5 Å². The summed E-state index contributed by atoms with van der Waals surface area (Å²) in [7, 11) is 0. The molecule has 0 radical (unpaired) electrons. The molecule has 6 nitrogen and oxygen atoms in total. The van der Waals surface area contributed by atoms with Gasteiger partial charge in [0.05, 0.1) is 5.69 Å². The molecule has 1 heterocycles. The molecule has 160 valence electrons. The van der Waals surface area contributed by atoms with Crippen LogP contribution in [0.4, 0.5) is 13.2 Å². The number of para-hydroxylation sites is 1. The predicted molar refractivity (Wildman–Crippen MR) is 111 cm³/mol. The first kappa shape index (κ1) is 20.9. The molecule has 0 amide bonds. The molecule has 0 aliphatic carbocycles. The van der Waals surface area contributed by atoms with Crippen molar-refractivity contribution in [1.82, 2.24) is 9.55 Å². The molecule has 0 unspecified atom stereocenters. The fourth-order valence-electron chi connectivity index (χ4n) is 3.38. The third-order valence-electron chi connectivity index (χ3n) is 4.89. The Morgan fingerprint density at radius 2 is 1.62 bits per heavy atom. The average Bonchev–Trinajstić information content (AvgIpc) is 2.74. The largest absolute Gasteiger partial charge is 0.456 e. The summed E-state index contributed by atoms with van der Waals surface area (Å²) in [4.78, 5) is 26.8. The molecule has 32 heavy (non-hydrogen) atoms. The minimum atomic E-state index is -4.89. The quantitative estimate of drug-likeness (QED) is 0.505. The molecule has 4 aromatic rings. The molecule has 4 rings (SSSR count). The third kappa shape index (κ3) is 3.63. The van der Waals surface area contributed by atoms with E-state index in [1.807, 2.05) is 0 Å². The number of hydrogen-bond donors (Lipinski definition) is 1. The van der Waals surface area contributed by atoms with Crippen molar-refractivity contribution in [2.75, 3.05) is 0 Å². The van der Waals surface area contributed by atoms with E-state index in [4.69, 9.17) is 4.74 Å². The highest BCUT2D eigenvalue weighted by molar-refractivity contribution is 5.96. The van der Waals surface area contributed by atoms with Crippen LogP contribution in [0.1, 0.15) is 16.8 Å². The van der Waals surface area contributed by atoms with Crippen molar-refractivity contribution in [2.45, 2.75) is 13.1 Å². The summed E-state index contributed by atoms with van der Waals surface area (Å²) in [5.41, 5.74) is -2.96. The van der Waals surface area contributed by atoms with Gasteiger partial charge >= 0.3 is 11.9 Å². The standard InChI is InChI=1S/C23H14F3N3O3/c1-13-6-2-5-9-18(13)32-19-10-17(15-8-4-3-7-14(15)16(19)12-27)29-21(30)11-20(23(24,25)26)28-22(29)31/h2-11H,1H3,(H,28,31). The Bertz CT molecular complexity index is 1480. The van der Waals surface area contributed by atoms with E-state index in [1.165, 1.54) is 6.07 Å². The monoisotopic (exact) mass is 437 g/mol. The van der Waals surface area contributed by atoms with Crippen molar-refractivity contribution >= 4 is 10.8 Å². The lowest BCUT2D eigenvalue weighted by Gasteiger charge is -2.16. The number of halogens is 3. The zero-order chi connectivity index (χ0) is 23.0. The maximum Gasteiger partial charge on any atom is 0.431 e. The fourth-order valence-corrected chi connectivity index (χ4v) is 3.38. The van der Waals surface area contributed by atoms with Gasteiger partial charge in [0.2, 0.25) is 0 Å². The summed E-state index contributed by atoms with van der Waals surface area (Å²) in [5.74, 6) is 0.501. The molecule has 0 saturated heterocycles. The molecule has 1 aromatic heterocycles. The van der Waals surface area contributed by atoms with Gasteiger partial charge in [-0.25, -0.2) is 9.36 Å². The highest BCUT2D eigenvalue weighted by Gasteiger charge is 2.33. The number of aryl methyl sites for hydroxylation is 1. The van der Waals surface area contributed by atoms with Crippen molar-refractivity contribution in [3.63, 3.8) is 0 Å². The number of nitrogens with zero attached hydrogens (tertiary/aromatic N) is 2. The maximum absolute atomic E-state index is 13.0. The van der Waals surface area contributed by atoms with E-state index in [0.717, 1.165) is 5.56 Å². The van der Waals surface area contributed by atoms with Gasteiger partial charge in [0, 0.05) is 22.9 Å². The summed E-state index contributed by atoms with van der Waals surface area (Å²) < 4.78 is 45.5. The molecule has 0 atom stereocenters. The molecule has 9 heteroatoms. The van der Waals surface area contributed by atoms with E-state index in [9.17, 15) is 28.0 Å². The number of benzene rings is 3. The molecule has 0 spiro atoms. The number of hydrogen-bond acceptors (Lipinski definition) is 4. The number of H-pyrrole nitrogens is 1. The zero-order valence-electron chi connectivity index (χ0n) is 16.5. The van der Waals surface area contributed by atoms with Gasteiger partial charge in [-0.1, -0.05) is 42.5 Å². The van der Waals surface area contributed by atoms with Crippen LogP contribution in [0.15, 0.2) is 70.3 Å². The second-order valence-electron chi connectivity index (χ2n) is 6.95. The first-order valence-corrected chi connectivity index (χ1v) is 9.34. The first-order valence-electron chi connectivity index (χ1n) is 9.34. The third-order valence-corrected chi connectivity index (χ3v) is 4.89. The van der Waals surface area contributed by atoms with Crippen molar-refractivity contribution in [3.8, 4) is 23.3 Å². The van der Waals surface area contributed by atoms with Crippen LogP contribution in [0.2, 0.25) is 0 Å². The lowest BCUT2D eigenvalue weighted by atomic mass is 10.0. The van der Waals surface area contributed by atoms with Crippen LogP contribution in [-0.2, 0) is 6.18 Å². The number of aromatic amines is 1. The Balaban J connectivity index is 2.03. The van der Waals surface area contributed by atoms with Crippen molar-refractivity contribution in [3.05, 3.63) is 98.3 Å². The summed E-state index contributed by atoms with van der Waals surface area (Å²) in [6.45, 7) is 1.80. The summed E-state index contributed by atoms with van der Waals surface area (Å²) in [5, 5.41) is 10.5. The van der Waals surface area contributed by atoms with Gasteiger partial charge < -0.3 is 9.72 Å². The van der Waals surface area contributed by atoms with Gasteiger partial charge in [-0.15, -0.1) is 0 Å². The van der Waals surface area contributed by atoms with E-state index < -0.39 is 23.1 Å². The highest BCUT2D eigenvalue weighted by Crippen LogP contribution is 2.36. The van der Waals surface area contributed by atoms with Crippen LogP contribution in [0, 0.1) is 18.3 Å². The molecule has 0 bridgehead atoms. The predicted octanol–water partition coefficient (Wildman–Crippen LogP) is 4.67.